The maximum absolute atomic E-state index is 12.2. The summed E-state index contributed by atoms with van der Waals surface area (Å²) in [5, 5.41) is 15.2. The zero-order chi connectivity index (χ0) is 16.4. The summed E-state index contributed by atoms with van der Waals surface area (Å²) >= 11 is 13.0. The molecule has 116 valence electrons. The maximum atomic E-state index is 12.2. The van der Waals surface area contributed by atoms with E-state index in [1.54, 1.807) is 12.1 Å². The average molecular weight is 365 g/mol. The van der Waals surface area contributed by atoms with E-state index in [0.29, 0.717) is 15.7 Å². The Morgan fingerprint density at radius 3 is 2.57 bits per heavy atom. The van der Waals surface area contributed by atoms with Crippen LogP contribution in [0.25, 0.3) is 11.3 Å². The number of rotatable bonds is 3. The molecule has 0 unspecified atom stereocenters. The number of hydrogen-bond acceptors (Lipinski definition) is 4. The van der Waals surface area contributed by atoms with Gasteiger partial charge in [0.05, 0.1) is 10.7 Å². The highest BCUT2D eigenvalue weighted by Crippen LogP contribution is 2.27. The Balaban J connectivity index is 1.77. The Morgan fingerprint density at radius 2 is 1.87 bits per heavy atom. The monoisotopic (exact) mass is 364 g/mol. The normalized spacial score (nSPS) is 10.5. The number of aromatic nitrogens is 1. The van der Waals surface area contributed by atoms with Crippen molar-refractivity contribution in [3.63, 3.8) is 0 Å². The fraction of sp³-hybridized carbons (Fsp3) is 0. The Morgan fingerprint density at radius 1 is 1.13 bits per heavy atom. The molecule has 1 aromatic heterocycles. The van der Waals surface area contributed by atoms with Gasteiger partial charge in [-0.1, -0.05) is 35.3 Å². The van der Waals surface area contributed by atoms with E-state index in [-0.39, 0.29) is 16.7 Å². The molecule has 0 fully saturated rings. The number of thiazole rings is 1. The van der Waals surface area contributed by atoms with Crippen LogP contribution >= 0.6 is 34.5 Å². The summed E-state index contributed by atoms with van der Waals surface area (Å²) in [4.78, 5) is 16.5. The van der Waals surface area contributed by atoms with Crippen LogP contribution in [-0.2, 0) is 0 Å². The molecule has 7 heteroatoms. The fourth-order valence-electron chi connectivity index (χ4n) is 1.90. The lowest BCUT2D eigenvalue weighted by atomic mass is 10.2. The van der Waals surface area contributed by atoms with Gasteiger partial charge in [-0.05, 0) is 30.3 Å². The molecule has 0 spiro atoms. The van der Waals surface area contributed by atoms with Crippen molar-refractivity contribution in [3.8, 4) is 17.0 Å². The molecule has 0 aliphatic rings. The number of halogens is 2. The predicted molar refractivity (Wildman–Crippen MR) is 93.6 cm³/mol. The first-order valence-corrected chi connectivity index (χ1v) is 8.18. The van der Waals surface area contributed by atoms with Gasteiger partial charge in [0.2, 0.25) is 0 Å². The van der Waals surface area contributed by atoms with Gasteiger partial charge in [0.15, 0.2) is 5.13 Å². The van der Waals surface area contributed by atoms with Crippen LogP contribution in [0.5, 0.6) is 5.75 Å². The van der Waals surface area contributed by atoms with Crippen molar-refractivity contribution in [2.75, 3.05) is 5.32 Å². The largest absolute Gasteiger partial charge is 0.506 e. The van der Waals surface area contributed by atoms with Crippen LogP contribution in [0.3, 0.4) is 0 Å². The standard InChI is InChI=1S/C16H10Cl2N2O2S/c17-11-4-1-9(2-5-11)13-8-23-16(19-13)20-15(22)10-3-6-14(21)12(18)7-10/h1-8,21H,(H,19,20,22). The number of carbonyl (C=O) groups excluding carboxylic acids is 1. The van der Waals surface area contributed by atoms with E-state index in [1.807, 2.05) is 17.5 Å². The second-order valence-electron chi connectivity index (χ2n) is 4.67. The molecule has 0 aliphatic carbocycles. The van der Waals surface area contributed by atoms with Crippen molar-refractivity contribution in [2.24, 2.45) is 0 Å². The number of phenols is 1. The van der Waals surface area contributed by atoms with Crippen molar-refractivity contribution < 1.29 is 9.90 Å². The smallest absolute Gasteiger partial charge is 0.257 e. The number of nitrogens with zero attached hydrogens (tertiary/aromatic N) is 1. The topological polar surface area (TPSA) is 62.2 Å². The molecule has 3 aromatic rings. The predicted octanol–water partition coefficient (Wildman–Crippen LogP) is 5.07. The Labute approximate surface area is 146 Å². The molecule has 2 N–H and O–H groups in total. The van der Waals surface area contributed by atoms with Gasteiger partial charge in [-0.15, -0.1) is 11.3 Å². The Hall–Kier alpha value is -2.08. The second-order valence-corrected chi connectivity index (χ2v) is 6.37. The van der Waals surface area contributed by atoms with Crippen molar-refractivity contribution in [1.29, 1.82) is 0 Å². The van der Waals surface area contributed by atoms with Crippen molar-refractivity contribution in [3.05, 3.63) is 63.5 Å². The molecule has 0 bridgehead atoms. The zero-order valence-electron chi connectivity index (χ0n) is 11.6. The number of nitrogens with one attached hydrogen (secondary N) is 1. The summed E-state index contributed by atoms with van der Waals surface area (Å²) < 4.78 is 0. The van der Waals surface area contributed by atoms with E-state index in [9.17, 15) is 9.90 Å². The summed E-state index contributed by atoms with van der Waals surface area (Å²) in [6.07, 6.45) is 0. The summed E-state index contributed by atoms with van der Waals surface area (Å²) in [6.45, 7) is 0. The molecule has 1 heterocycles. The van der Waals surface area contributed by atoms with Gasteiger partial charge < -0.3 is 5.11 Å². The summed E-state index contributed by atoms with van der Waals surface area (Å²) in [5.74, 6) is -0.411. The van der Waals surface area contributed by atoms with Gasteiger partial charge in [0, 0.05) is 21.5 Å². The number of carbonyl (C=O) groups is 1. The number of anilines is 1. The first kappa shape index (κ1) is 15.8. The van der Waals surface area contributed by atoms with Crippen molar-refractivity contribution >= 4 is 45.6 Å². The molecule has 0 radical (unpaired) electrons. The number of hydrogen-bond donors (Lipinski definition) is 2. The van der Waals surface area contributed by atoms with E-state index < -0.39 is 0 Å². The lowest BCUT2D eigenvalue weighted by molar-refractivity contribution is 0.102. The molecule has 4 nitrogen and oxygen atoms in total. The van der Waals surface area contributed by atoms with E-state index >= 15 is 0 Å². The van der Waals surface area contributed by atoms with E-state index in [2.05, 4.69) is 10.3 Å². The molecule has 2 aromatic carbocycles. The van der Waals surface area contributed by atoms with E-state index in [4.69, 9.17) is 23.2 Å². The number of phenolic OH excluding ortho intramolecular Hbond substituents is 1. The summed E-state index contributed by atoms with van der Waals surface area (Å²) in [7, 11) is 0. The molecular formula is C16H10Cl2N2O2S. The summed E-state index contributed by atoms with van der Waals surface area (Å²) in [5.41, 5.74) is 2.01. The van der Waals surface area contributed by atoms with E-state index in [0.717, 1.165) is 11.3 Å². The molecule has 3 rings (SSSR count). The first-order chi connectivity index (χ1) is 11.0. The minimum atomic E-state index is -0.344. The molecule has 1 amide bonds. The highest BCUT2D eigenvalue weighted by atomic mass is 35.5. The fourth-order valence-corrected chi connectivity index (χ4v) is 2.92. The molecule has 23 heavy (non-hydrogen) atoms. The van der Waals surface area contributed by atoms with E-state index in [1.165, 1.54) is 29.5 Å². The van der Waals surface area contributed by atoms with Gasteiger partial charge in [-0.2, -0.15) is 0 Å². The SMILES string of the molecule is O=C(Nc1nc(-c2ccc(Cl)cc2)cs1)c1ccc(O)c(Cl)c1. The van der Waals surface area contributed by atoms with Gasteiger partial charge >= 0.3 is 0 Å². The Kier molecular flexibility index (Phi) is 4.52. The number of aromatic hydroxyl groups is 1. The lowest BCUT2D eigenvalue weighted by Crippen LogP contribution is -2.11. The minimum Gasteiger partial charge on any atom is -0.506 e. The van der Waals surface area contributed by atoms with Crippen LogP contribution in [-0.4, -0.2) is 16.0 Å². The third-order valence-corrected chi connectivity index (χ3v) is 4.39. The first-order valence-electron chi connectivity index (χ1n) is 6.54. The number of benzene rings is 2. The van der Waals surface area contributed by atoms with Crippen LogP contribution in [0, 0.1) is 0 Å². The highest BCUT2D eigenvalue weighted by molar-refractivity contribution is 7.14. The lowest BCUT2D eigenvalue weighted by Gasteiger charge is -2.03. The van der Waals surface area contributed by atoms with Gasteiger partial charge in [0.1, 0.15) is 5.75 Å². The molecule has 0 saturated carbocycles. The van der Waals surface area contributed by atoms with Crippen molar-refractivity contribution in [2.45, 2.75) is 0 Å². The minimum absolute atomic E-state index is 0.0671. The molecule has 0 atom stereocenters. The molecule has 0 aliphatic heterocycles. The van der Waals surface area contributed by atoms with Gasteiger partial charge in [0.25, 0.3) is 5.91 Å². The second kappa shape index (κ2) is 6.58. The van der Waals surface area contributed by atoms with Gasteiger partial charge in [-0.3, -0.25) is 10.1 Å². The van der Waals surface area contributed by atoms with Gasteiger partial charge in [-0.25, -0.2) is 4.98 Å². The zero-order valence-corrected chi connectivity index (χ0v) is 13.9. The highest BCUT2D eigenvalue weighted by Gasteiger charge is 2.11. The summed E-state index contributed by atoms with van der Waals surface area (Å²) in [6, 6.07) is 11.6. The van der Waals surface area contributed by atoms with Crippen LogP contribution in [0.4, 0.5) is 5.13 Å². The average Bonchev–Trinajstić information content (AvgIpc) is 2.99. The van der Waals surface area contributed by atoms with Crippen molar-refractivity contribution in [1.82, 2.24) is 4.98 Å². The Bertz CT molecular complexity index is 863. The van der Waals surface area contributed by atoms with Crippen LogP contribution in [0.2, 0.25) is 10.0 Å². The molecular weight excluding hydrogens is 355 g/mol. The quantitative estimate of drug-likeness (QED) is 0.681. The molecule has 0 saturated heterocycles. The van der Waals surface area contributed by atoms with Crippen LogP contribution < -0.4 is 5.32 Å². The third-order valence-electron chi connectivity index (χ3n) is 3.07. The van der Waals surface area contributed by atoms with Crippen LogP contribution in [0.1, 0.15) is 10.4 Å². The maximum Gasteiger partial charge on any atom is 0.257 e. The number of amides is 1. The third kappa shape index (κ3) is 3.64. The van der Waals surface area contributed by atoms with Crippen LogP contribution in [0.15, 0.2) is 47.8 Å².